The number of hydrogen-bond acceptors (Lipinski definition) is 5. The van der Waals surface area contributed by atoms with Crippen LogP contribution in [0, 0.1) is 10.1 Å². The fraction of sp³-hybridized carbons (Fsp3) is 0.0556. The Morgan fingerprint density at radius 3 is 2.48 bits per heavy atom. The number of aryl methyl sites for hydroxylation is 1. The largest absolute Gasteiger partial charge is 0.289 e. The highest BCUT2D eigenvalue weighted by molar-refractivity contribution is 6.07. The van der Waals surface area contributed by atoms with Crippen LogP contribution in [0.15, 0.2) is 61.1 Å². The number of nitrogens with zero attached hydrogens (tertiary/aromatic N) is 4. The molecule has 0 saturated heterocycles. The minimum absolute atomic E-state index is 0.0484. The van der Waals surface area contributed by atoms with E-state index in [2.05, 4.69) is 10.1 Å². The number of carbonyl (C=O) groups excluding carboxylic acids is 1. The molecule has 0 aliphatic rings. The number of nitro groups is 1. The lowest BCUT2D eigenvalue weighted by Gasteiger charge is -1.98. The molecule has 0 amide bonds. The zero-order valence-electron chi connectivity index (χ0n) is 13.4. The molecule has 0 unspecified atom stereocenters. The molecule has 0 fully saturated rings. The summed E-state index contributed by atoms with van der Waals surface area (Å²) in [5.41, 5.74) is 2.78. The van der Waals surface area contributed by atoms with E-state index < -0.39 is 4.92 Å². The van der Waals surface area contributed by atoms with Crippen molar-refractivity contribution in [3.63, 3.8) is 0 Å². The number of allylic oxidation sites excluding steroid dienone is 1. The first-order valence-corrected chi connectivity index (χ1v) is 7.45. The van der Waals surface area contributed by atoms with Gasteiger partial charge in [0.15, 0.2) is 5.78 Å². The Balaban J connectivity index is 1.85. The molecule has 0 atom stereocenters. The van der Waals surface area contributed by atoms with Gasteiger partial charge in [-0.1, -0.05) is 0 Å². The molecule has 0 aliphatic carbocycles. The molecule has 7 nitrogen and oxygen atoms in total. The number of rotatable bonds is 5. The second-order valence-electron chi connectivity index (χ2n) is 5.34. The predicted octanol–water partition coefficient (Wildman–Crippen LogP) is 3.29. The number of benzene rings is 1. The highest BCUT2D eigenvalue weighted by atomic mass is 16.6. The normalized spacial score (nSPS) is 10.9. The van der Waals surface area contributed by atoms with E-state index in [1.807, 2.05) is 18.3 Å². The van der Waals surface area contributed by atoms with Gasteiger partial charge in [0.2, 0.25) is 0 Å². The lowest BCUT2D eigenvalue weighted by atomic mass is 10.1. The van der Waals surface area contributed by atoms with Gasteiger partial charge in [-0.3, -0.25) is 24.6 Å². The summed E-state index contributed by atoms with van der Waals surface area (Å²) in [5, 5.41) is 15.1. The van der Waals surface area contributed by atoms with Gasteiger partial charge in [0.1, 0.15) is 0 Å². The smallest absolute Gasteiger partial charge is 0.269 e. The van der Waals surface area contributed by atoms with E-state index in [1.165, 1.54) is 30.3 Å². The van der Waals surface area contributed by atoms with Gasteiger partial charge < -0.3 is 0 Å². The van der Waals surface area contributed by atoms with Crippen LogP contribution in [0.25, 0.3) is 17.3 Å². The van der Waals surface area contributed by atoms with Crippen LogP contribution in [-0.2, 0) is 7.05 Å². The topological polar surface area (TPSA) is 90.9 Å². The first kappa shape index (κ1) is 16.3. The minimum Gasteiger partial charge on any atom is -0.289 e. The van der Waals surface area contributed by atoms with Gasteiger partial charge in [0.05, 0.1) is 10.6 Å². The quantitative estimate of drug-likeness (QED) is 0.309. The second-order valence-corrected chi connectivity index (χ2v) is 5.34. The van der Waals surface area contributed by atoms with Crippen molar-refractivity contribution in [3.8, 4) is 11.3 Å². The average Bonchev–Trinajstić information content (AvgIpc) is 3.01. The third-order valence-corrected chi connectivity index (χ3v) is 3.59. The molecule has 0 saturated carbocycles. The maximum absolute atomic E-state index is 12.3. The maximum Gasteiger partial charge on any atom is 0.269 e. The molecule has 25 heavy (non-hydrogen) atoms. The van der Waals surface area contributed by atoms with E-state index in [4.69, 9.17) is 0 Å². The lowest BCUT2D eigenvalue weighted by Crippen LogP contribution is -1.95. The van der Waals surface area contributed by atoms with Crippen molar-refractivity contribution in [2.75, 3.05) is 0 Å². The van der Waals surface area contributed by atoms with Crippen LogP contribution in [0.4, 0.5) is 5.69 Å². The van der Waals surface area contributed by atoms with Crippen molar-refractivity contribution >= 4 is 17.5 Å². The van der Waals surface area contributed by atoms with Crippen molar-refractivity contribution in [1.29, 1.82) is 0 Å². The number of pyridine rings is 1. The fourth-order valence-corrected chi connectivity index (χ4v) is 2.37. The van der Waals surface area contributed by atoms with E-state index in [1.54, 1.807) is 30.2 Å². The molecular formula is C18H14N4O3. The Morgan fingerprint density at radius 2 is 1.84 bits per heavy atom. The van der Waals surface area contributed by atoms with Gasteiger partial charge in [-0.15, -0.1) is 0 Å². The third-order valence-electron chi connectivity index (χ3n) is 3.59. The Bertz CT molecular complexity index is 944. The van der Waals surface area contributed by atoms with Gasteiger partial charge in [-0.25, -0.2) is 0 Å². The summed E-state index contributed by atoms with van der Waals surface area (Å²) in [7, 11) is 1.81. The summed E-state index contributed by atoms with van der Waals surface area (Å²) in [6.45, 7) is 0. The number of non-ortho nitro benzene ring substituents is 1. The fourth-order valence-electron chi connectivity index (χ4n) is 2.37. The molecule has 0 N–H and O–H groups in total. The minimum atomic E-state index is -0.499. The number of carbonyl (C=O) groups is 1. The van der Waals surface area contributed by atoms with Gasteiger partial charge in [-0.2, -0.15) is 5.10 Å². The molecule has 3 aromatic rings. The molecule has 1 aromatic carbocycles. The van der Waals surface area contributed by atoms with Crippen molar-refractivity contribution in [2.45, 2.75) is 0 Å². The van der Waals surface area contributed by atoms with Crippen LogP contribution < -0.4 is 0 Å². The summed E-state index contributed by atoms with van der Waals surface area (Å²) >= 11 is 0. The van der Waals surface area contributed by atoms with Gasteiger partial charge in [0, 0.05) is 54.5 Å². The second kappa shape index (κ2) is 6.88. The van der Waals surface area contributed by atoms with Crippen LogP contribution in [0.5, 0.6) is 0 Å². The Morgan fingerprint density at radius 1 is 1.16 bits per heavy atom. The van der Waals surface area contributed by atoms with E-state index in [-0.39, 0.29) is 11.5 Å². The van der Waals surface area contributed by atoms with E-state index in [0.717, 1.165) is 16.8 Å². The van der Waals surface area contributed by atoms with E-state index >= 15 is 0 Å². The van der Waals surface area contributed by atoms with Gasteiger partial charge in [0.25, 0.3) is 5.69 Å². The number of nitro benzene ring substituents is 1. The predicted molar refractivity (Wildman–Crippen MR) is 92.9 cm³/mol. The molecule has 3 rings (SSSR count). The molecule has 0 bridgehead atoms. The number of hydrogen-bond donors (Lipinski definition) is 0. The van der Waals surface area contributed by atoms with Crippen molar-refractivity contribution < 1.29 is 9.72 Å². The zero-order valence-corrected chi connectivity index (χ0v) is 13.4. The van der Waals surface area contributed by atoms with Crippen LogP contribution in [0.2, 0.25) is 0 Å². The van der Waals surface area contributed by atoms with E-state index in [0.29, 0.717) is 5.56 Å². The Kier molecular flexibility index (Phi) is 4.47. The van der Waals surface area contributed by atoms with E-state index in [9.17, 15) is 14.9 Å². The standard InChI is InChI=1S/C18H14N4O3/c1-21-12-15(18(20-21)14-8-10-19-11-9-14)4-7-17(23)13-2-5-16(6-3-13)22(24)25/h2-12H,1H3/b7-4+. The highest BCUT2D eigenvalue weighted by Crippen LogP contribution is 2.22. The first-order chi connectivity index (χ1) is 12.0. The molecule has 0 aliphatic heterocycles. The lowest BCUT2D eigenvalue weighted by molar-refractivity contribution is -0.384. The van der Waals surface area contributed by atoms with Crippen molar-refractivity contribution in [1.82, 2.24) is 14.8 Å². The Hall–Kier alpha value is -3.61. The zero-order chi connectivity index (χ0) is 17.8. The van der Waals surface area contributed by atoms with Crippen LogP contribution >= 0.6 is 0 Å². The summed E-state index contributed by atoms with van der Waals surface area (Å²) < 4.78 is 1.67. The summed E-state index contributed by atoms with van der Waals surface area (Å²) in [6.07, 6.45) is 8.30. The number of ketones is 1. The summed E-state index contributed by atoms with van der Waals surface area (Å²) in [5.74, 6) is -0.237. The van der Waals surface area contributed by atoms with Crippen LogP contribution in [0.1, 0.15) is 15.9 Å². The molecule has 0 spiro atoms. The SMILES string of the molecule is Cn1cc(/C=C/C(=O)c2ccc([N+](=O)[O-])cc2)c(-c2ccncc2)n1. The average molecular weight is 334 g/mol. The monoisotopic (exact) mass is 334 g/mol. The Labute approximate surface area is 143 Å². The van der Waals surface area contributed by atoms with Crippen LogP contribution in [-0.4, -0.2) is 25.5 Å². The molecule has 124 valence electrons. The summed E-state index contributed by atoms with van der Waals surface area (Å²) in [4.78, 5) is 26.4. The molecule has 2 heterocycles. The van der Waals surface area contributed by atoms with Crippen LogP contribution in [0.3, 0.4) is 0 Å². The highest BCUT2D eigenvalue weighted by Gasteiger charge is 2.10. The number of aromatic nitrogens is 3. The molecule has 7 heteroatoms. The third kappa shape index (κ3) is 3.66. The molecule has 0 radical (unpaired) electrons. The summed E-state index contributed by atoms with van der Waals surface area (Å²) in [6, 6.07) is 9.20. The van der Waals surface area contributed by atoms with Crippen molar-refractivity contribution in [3.05, 3.63) is 82.3 Å². The molecular weight excluding hydrogens is 320 g/mol. The van der Waals surface area contributed by atoms with Crippen molar-refractivity contribution in [2.24, 2.45) is 7.05 Å². The molecule has 2 aromatic heterocycles. The van der Waals surface area contributed by atoms with Gasteiger partial charge in [-0.05, 0) is 36.4 Å². The maximum atomic E-state index is 12.3. The first-order valence-electron chi connectivity index (χ1n) is 7.45. The van der Waals surface area contributed by atoms with Gasteiger partial charge >= 0.3 is 0 Å².